The summed E-state index contributed by atoms with van der Waals surface area (Å²) in [7, 11) is 1.88. The molecule has 0 bridgehead atoms. The molecule has 0 N–H and O–H groups in total. The van der Waals surface area contributed by atoms with E-state index in [1.165, 1.54) is 5.56 Å². The summed E-state index contributed by atoms with van der Waals surface area (Å²) in [4.78, 5) is 15.6. The smallest absolute Gasteiger partial charge is 0.155 e. The minimum Gasteiger partial charge on any atom is -0.298 e. The van der Waals surface area contributed by atoms with E-state index in [0.29, 0.717) is 11.3 Å². The van der Waals surface area contributed by atoms with Gasteiger partial charge in [0.25, 0.3) is 0 Å². The highest BCUT2D eigenvalue weighted by Gasteiger charge is 2.17. The molecule has 23 heavy (non-hydrogen) atoms. The molecule has 2 heterocycles. The summed E-state index contributed by atoms with van der Waals surface area (Å²) in [6.45, 7) is 0. The zero-order chi connectivity index (χ0) is 16.1. The number of aldehydes is 1. The van der Waals surface area contributed by atoms with Gasteiger partial charge in [0.2, 0.25) is 0 Å². The summed E-state index contributed by atoms with van der Waals surface area (Å²) in [5.41, 5.74) is 3.57. The summed E-state index contributed by atoms with van der Waals surface area (Å²) >= 11 is 1.66. The van der Waals surface area contributed by atoms with Gasteiger partial charge in [-0.05, 0) is 24.1 Å². The lowest BCUT2D eigenvalue weighted by atomic mass is 10.1. The molecule has 0 saturated heterocycles. The van der Waals surface area contributed by atoms with Crippen molar-refractivity contribution in [3.8, 4) is 11.3 Å². The molecule has 3 aromatic rings. The Morgan fingerprint density at radius 3 is 2.57 bits per heavy atom. The van der Waals surface area contributed by atoms with Crippen molar-refractivity contribution in [3.05, 3.63) is 66.0 Å². The quantitative estimate of drug-likeness (QED) is 0.513. The monoisotopic (exact) mass is 323 g/mol. The first-order valence-electron chi connectivity index (χ1n) is 7.39. The third kappa shape index (κ3) is 3.51. The molecular formula is C18H17N3OS. The number of carbonyl (C=O) groups excluding carboxylic acids is 1. The minimum absolute atomic E-state index is 0.650. The molecule has 0 fully saturated rings. The standard InChI is InChI=1S/C18H17N3OS/c1-21-18(23-12-9-14-5-3-2-4-6-14)16(13-22)17(20-21)15-7-10-19-11-8-15/h2-8,10-11,13H,9,12H2,1H3. The van der Waals surface area contributed by atoms with Crippen LogP contribution in [0, 0.1) is 0 Å². The van der Waals surface area contributed by atoms with Crippen molar-refractivity contribution < 1.29 is 4.79 Å². The first-order chi connectivity index (χ1) is 11.3. The molecule has 5 heteroatoms. The van der Waals surface area contributed by atoms with Crippen LogP contribution in [-0.2, 0) is 13.5 Å². The van der Waals surface area contributed by atoms with E-state index in [4.69, 9.17) is 0 Å². The van der Waals surface area contributed by atoms with Gasteiger partial charge in [0.1, 0.15) is 10.7 Å². The lowest BCUT2D eigenvalue weighted by Crippen LogP contribution is -1.96. The number of nitrogens with zero attached hydrogens (tertiary/aromatic N) is 3. The molecule has 0 radical (unpaired) electrons. The lowest BCUT2D eigenvalue weighted by molar-refractivity contribution is 0.112. The fourth-order valence-corrected chi connectivity index (χ4v) is 3.49. The summed E-state index contributed by atoms with van der Waals surface area (Å²) in [5, 5.41) is 5.42. The van der Waals surface area contributed by atoms with E-state index in [1.54, 1.807) is 28.8 Å². The zero-order valence-electron chi connectivity index (χ0n) is 12.8. The van der Waals surface area contributed by atoms with Crippen LogP contribution in [0.3, 0.4) is 0 Å². The van der Waals surface area contributed by atoms with Crippen molar-refractivity contribution in [2.75, 3.05) is 5.75 Å². The molecule has 3 rings (SSSR count). The van der Waals surface area contributed by atoms with Crippen LogP contribution in [0.4, 0.5) is 0 Å². The topological polar surface area (TPSA) is 47.8 Å². The third-order valence-electron chi connectivity index (χ3n) is 3.57. The SMILES string of the molecule is Cn1nc(-c2ccncc2)c(C=O)c1SCCc1ccccc1. The second-order valence-corrected chi connectivity index (χ2v) is 6.21. The van der Waals surface area contributed by atoms with Crippen molar-refractivity contribution in [2.45, 2.75) is 11.4 Å². The average molecular weight is 323 g/mol. The van der Waals surface area contributed by atoms with Crippen molar-refractivity contribution in [3.63, 3.8) is 0 Å². The average Bonchev–Trinajstić information content (AvgIpc) is 2.93. The van der Waals surface area contributed by atoms with Crippen molar-refractivity contribution in [1.82, 2.24) is 14.8 Å². The summed E-state index contributed by atoms with van der Waals surface area (Å²) in [5.74, 6) is 0.903. The molecule has 116 valence electrons. The highest BCUT2D eigenvalue weighted by Crippen LogP contribution is 2.30. The van der Waals surface area contributed by atoms with E-state index >= 15 is 0 Å². The van der Waals surface area contributed by atoms with Gasteiger partial charge < -0.3 is 0 Å². The molecule has 2 aromatic heterocycles. The number of carbonyl (C=O) groups is 1. The number of hydrogen-bond acceptors (Lipinski definition) is 4. The minimum atomic E-state index is 0.650. The first-order valence-corrected chi connectivity index (χ1v) is 8.37. The van der Waals surface area contributed by atoms with Gasteiger partial charge in [0.05, 0.1) is 5.56 Å². The number of benzene rings is 1. The summed E-state index contributed by atoms with van der Waals surface area (Å²) in [6.07, 6.45) is 5.27. The van der Waals surface area contributed by atoms with Gasteiger partial charge in [0, 0.05) is 30.8 Å². The van der Waals surface area contributed by atoms with Gasteiger partial charge in [-0.15, -0.1) is 11.8 Å². The Kier molecular flexibility index (Phi) is 4.88. The van der Waals surface area contributed by atoms with Gasteiger partial charge >= 0.3 is 0 Å². The van der Waals surface area contributed by atoms with Crippen LogP contribution in [0.2, 0.25) is 0 Å². The van der Waals surface area contributed by atoms with Crippen LogP contribution in [0.1, 0.15) is 15.9 Å². The van der Waals surface area contributed by atoms with Crippen LogP contribution in [0.25, 0.3) is 11.3 Å². The number of pyridine rings is 1. The van der Waals surface area contributed by atoms with Gasteiger partial charge in [-0.3, -0.25) is 14.5 Å². The van der Waals surface area contributed by atoms with E-state index in [0.717, 1.165) is 29.0 Å². The van der Waals surface area contributed by atoms with Gasteiger partial charge in [-0.25, -0.2) is 0 Å². The van der Waals surface area contributed by atoms with Crippen molar-refractivity contribution in [1.29, 1.82) is 0 Å². The Hall–Kier alpha value is -2.40. The lowest BCUT2D eigenvalue weighted by Gasteiger charge is -2.03. The zero-order valence-corrected chi connectivity index (χ0v) is 13.7. The van der Waals surface area contributed by atoms with Crippen LogP contribution in [0.5, 0.6) is 0 Å². The number of aromatic nitrogens is 3. The number of rotatable bonds is 6. The van der Waals surface area contributed by atoms with Crippen LogP contribution < -0.4 is 0 Å². The molecule has 1 aromatic carbocycles. The Balaban J connectivity index is 1.80. The third-order valence-corrected chi connectivity index (χ3v) is 4.74. The predicted octanol–water partition coefficient (Wildman–Crippen LogP) is 3.63. The number of aryl methyl sites for hydroxylation is 2. The number of thioether (sulfide) groups is 1. The molecule has 0 atom stereocenters. The van der Waals surface area contributed by atoms with Crippen molar-refractivity contribution >= 4 is 18.0 Å². The fourth-order valence-electron chi connectivity index (χ4n) is 2.44. The molecule has 0 saturated carbocycles. The maximum Gasteiger partial charge on any atom is 0.155 e. The maximum atomic E-state index is 11.6. The van der Waals surface area contributed by atoms with Crippen LogP contribution in [-0.4, -0.2) is 26.8 Å². The van der Waals surface area contributed by atoms with E-state index in [-0.39, 0.29) is 0 Å². The first kappa shape index (κ1) is 15.5. The Labute approximate surface area is 139 Å². The van der Waals surface area contributed by atoms with Gasteiger partial charge in [-0.2, -0.15) is 5.10 Å². The maximum absolute atomic E-state index is 11.6. The van der Waals surface area contributed by atoms with E-state index in [1.807, 2.05) is 37.4 Å². The van der Waals surface area contributed by atoms with Crippen LogP contribution >= 0.6 is 11.8 Å². The normalized spacial score (nSPS) is 10.7. The molecular weight excluding hydrogens is 306 g/mol. The predicted molar refractivity (Wildman–Crippen MR) is 92.7 cm³/mol. The largest absolute Gasteiger partial charge is 0.298 e. The van der Waals surface area contributed by atoms with E-state index in [9.17, 15) is 4.79 Å². The highest BCUT2D eigenvalue weighted by atomic mass is 32.2. The Morgan fingerprint density at radius 2 is 1.87 bits per heavy atom. The van der Waals surface area contributed by atoms with Crippen LogP contribution in [0.15, 0.2) is 59.9 Å². The van der Waals surface area contributed by atoms with Gasteiger partial charge in [0.15, 0.2) is 6.29 Å². The molecule has 0 spiro atoms. The Morgan fingerprint density at radius 1 is 1.13 bits per heavy atom. The molecule has 0 aliphatic rings. The fraction of sp³-hybridized carbons (Fsp3) is 0.167. The molecule has 4 nitrogen and oxygen atoms in total. The second-order valence-electron chi connectivity index (χ2n) is 5.13. The summed E-state index contributed by atoms with van der Waals surface area (Å²) < 4.78 is 1.79. The molecule has 0 aliphatic carbocycles. The molecule has 0 unspecified atom stereocenters. The Bertz CT molecular complexity index is 785. The van der Waals surface area contributed by atoms with Gasteiger partial charge in [-0.1, -0.05) is 30.3 Å². The summed E-state index contributed by atoms with van der Waals surface area (Å²) in [6, 6.07) is 14.1. The molecule has 0 amide bonds. The molecule has 0 aliphatic heterocycles. The van der Waals surface area contributed by atoms with Crippen molar-refractivity contribution in [2.24, 2.45) is 7.05 Å². The van der Waals surface area contributed by atoms with E-state index < -0.39 is 0 Å². The number of hydrogen-bond donors (Lipinski definition) is 0. The second kappa shape index (κ2) is 7.24. The van der Waals surface area contributed by atoms with E-state index in [2.05, 4.69) is 22.2 Å². The highest BCUT2D eigenvalue weighted by molar-refractivity contribution is 7.99.